The monoisotopic (exact) mass is 405 g/mol. The summed E-state index contributed by atoms with van der Waals surface area (Å²) in [6.45, 7) is 6.77. The molecule has 2 fully saturated rings. The van der Waals surface area contributed by atoms with E-state index in [0.29, 0.717) is 6.04 Å². The van der Waals surface area contributed by atoms with Crippen molar-refractivity contribution >= 4 is 18.0 Å². The number of hydrogen-bond donors (Lipinski definition) is 0. The van der Waals surface area contributed by atoms with E-state index in [1.54, 1.807) is 0 Å². The van der Waals surface area contributed by atoms with Crippen LogP contribution in [-0.2, 0) is 17.1 Å². The largest absolute Gasteiger partial charge is 2.00 e. The zero-order valence-electron chi connectivity index (χ0n) is 15.7. The second kappa shape index (κ2) is 13.0. The maximum absolute atomic E-state index is 4.82. The third kappa shape index (κ3) is 9.62. The van der Waals surface area contributed by atoms with Gasteiger partial charge in [0.25, 0.3) is 0 Å². The summed E-state index contributed by atoms with van der Waals surface area (Å²) in [5, 5.41) is 1.33. The fourth-order valence-electron chi connectivity index (χ4n) is 2.18. The van der Waals surface area contributed by atoms with Gasteiger partial charge in [-0.05, 0) is 68.8 Å². The van der Waals surface area contributed by atoms with Gasteiger partial charge in [-0.15, -0.1) is 0 Å². The van der Waals surface area contributed by atoms with Crippen LogP contribution in [0.2, 0.25) is 0 Å². The van der Waals surface area contributed by atoms with Gasteiger partial charge in [-0.25, -0.2) is 0 Å². The zero-order chi connectivity index (χ0) is 18.0. The molecule has 0 unspecified atom stereocenters. The first-order valence-electron chi connectivity index (χ1n) is 8.65. The summed E-state index contributed by atoms with van der Waals surface area (Å²) in [5.41, 5.74) is 1.34. The Morgan fingerprint density at radius 1 is 0.885 bits per heavy atom. The molecule has 1 aromatic carbocycles. The van der Waals surface area contributed by atoms with Crippen LogP contribution in [0.5, 0.6) is 0 Å². The molecule has 136 valence electrons. The van der Waals surface area contributed by atoms with Gasteiger partial charge in [0.15, 0.2) is 0 Å². The first kappa shape index (κ1) is 23.8. The molecule has 0 aliphatic heterocycles. The molecule has 0 N–H and O–H groups in total. The topological polar surface area (TPSA) is 12.4 Å². The van der Waals surface area contributed by atoms with Crippen LogP contribution in [-0.4, -0.2) is 18.0 Å². The third-order valence-corrected chi connectivity index (χ3v) is 4.89. The Balaban J connectivity index is 0.000000486. The molecule has 2 saturated carbocycles. The van der Waals surface area contributed by atoms with Gasteiger partial charge in [-0.2, -0.15) is 11.8 Å². The van der Waals surface area contributed by atoms with Crippen molar-refractivity contribution in [2.24, 2.45) is 10.4 Å². The SMILES string of the molecule is CC(C)(C)[C@@H](CS[C]1[CH][CH][CH][CH]1)N=Cc1ccccc1.[CH]1[CH][CH][CH][CH]1.[Fe+2]. The summed E-state index contributed by atoms with van der Waals surface area (Å²) in [4.78, 5) is 4.82. The van der Waals surface area contributed by atoms with E-state index >= 15 is 0 Å². The molecule has 10 radical (unpaired) electrons. The predicted octanol–water partition coefficient (Wildman–Crippen LogP) is 5.64. The van der Waals surface area contributed by atoms with E-state index in [1.165, 1.54) is 10.8 Å². The van der Waals surface area contributed by atoms with Crippen molar-refractivity contribution in [3.8, 4) is 0 Å². The Morgan fingerprint density at radius 3 is 1.92 bits per heavy atom. The summed E-state index contributed by atoms with van der Waals surface area (Å²) in [5.74, 6) is 1.01. The normalized spacial score (nSPS) is 19.0. The zero-order valence-corrected chi connectivity index (χ0v) is 17.6. The summed E-state index contributed by atoms with van der Waals surface area (Å²) in [6.07, 6.45) is 20.5. The van der Waals surface area contributed by atoms with Crippen LogP contribution in [0.15, 0.2) is 35.3 Å². The molecule has 3 heteroatoms. The first-order valence-corrected chi connectivity index (χ1v) is 9.64. The molecule has 0 aromatic heterocycles. The van der Waals surface area contributed by atoms with Crippen molar-refractivity contribution in [2.45, 2.75) is 26.8 Å². The van der Waals surface area contributed by atoms with Crippen LogP contribution in [0.4, 0.5) is 0 Å². The number of benzene rings is 1. The number of hydrogen-bond acceptors (Lipinski definition) is 2. The van der Waals surface area contributed by atoms with Crippen LogP contribution < -0.4 is 0 Å². The van der Waals surface area contributed by atoms with Crippen molar-refractivity contribution in [3.63, 3.8) is 0 Å². The molecule has 0 heterocycles. The first-order chi connectivity index (χ1) is 12.1. The molecule has 0 bridgehead atoms. The van der Waals surface area contributed by atoms with Crippen molar-refractivity contribution < 1.29 is 17.1 Å². The maximum atomic E-state index is 4.82. The Bertz CT molecular complexity index is 477. The fourth-order valence-corrected chi connectivity index (χ4v) is 3.47. The minimum Gasteiger partial charge on any atom is -0.288 e. The molecule has 0 spiro atoms. The maximum Gasteiger partial charge on any atom is 2.00 e. The second-order valence-corrected chi connectivity index (χ2v) is 8.06. The molecule has 0 saturated heterocycles. The van der Waals surface area contributed by atoms with Gasteiger partial charge < -0.3 is 0 Å². The number of thioether (sulfide) groups is 1. The summed E-state index contributed by atoms with van der Waals surface area (Å²) < 4.78 is 0. The van der Waals surface area contributed by atoms with E-state index in [-0.39, 0.29) is 22.5 Å². The average molecular weight is 405 g/mol. The Morgan fingerprint density at radius 2 is 1.42 bits per heavy atom. The third-order valence-electron chi connectivity index (χ3n) is 3.80. The molecule has 1 atom stereocenters. The van der Waals surface area contributed by atoms with E-state index in [4.69, 9.17) is 4.99 Å². The number of rotatable bonds is 5. The molecule has 2 aliphatic carbocycles. The molecular weight excluding hydrogens is 378 g/mol. The van der Waals surface area contributed by atoms with Gasteiger partial charge in [0.1, 0.15) is 0 Å². The predicted molar refractivity (Wildman–Crippen MR) is 112 cm³/mol. The van der Waals surface area contributed by atoms with Crippen LogP contribution in [0.3, 0.4) is 0 Å². The van der Waals surface area contributed by atoms with Crippen molar-refractivity contribution in [1.82, 2.24) is 0 Å². The number of aliphatic imine (C=N–C) groups is 1. The molecule has 26 heavy (non-hydrogen) atoms. The second-order valence-electron chi connectivity index (χ2n) is 6.96. The Labute approximate surface area is 176 Å². The summed E-state index contributed by atoms with van der Waals surface area (Å²) in [7, 11) is 0. The van der Waals surface area contributed by atoms with Gasteiger partial charge >= 0.3 is 17.1 Å². The molecule has 1 nitrogen and oxygen atoms in total. The average Bonchev–Trinajstić information content (AvgIpc) is 3.31. The van der Waals surface area contributed by atoms with Crippen LogP contribution in [0.1, 0.15) is 26.3 Å². The minimum absolute atomic E-state index is 0. The van der Waals surface area contributed by atoms with Crippen LogP contribution in [0.25, 0.3) is 0 Å². The Hall–Kier alpha value is -0.241. The van der Waals surface area contributed by atoms with E-state index in [9.17, 15) is 0 Å². The molecular formula is C23H27FeNS+2. The quantitative estimate of drug-likeness (QED) is 0.457. The van der Waals surface area contributed by atoms with Crippen LogP contribution >= 0.6 is 11.8 Å². The van der Waals surface area contributed by atoms with E-state index in [1.807, 2.05) is 68.3 Å². The minimum atomic E-state index is 0. The van der Waals surface area contributed by atoms with E-state index in [2.05, 4.69) is 58.6 Å². The van der Waals surface area contributed by atoms with E-state index in [0.717, 1.165) is 5.75 Å². The van der Waals surface area contributed by atoms with Crippen LogP contribution in [0, 0.1) is 68.5 Å². The van der Waals surface area contributed by atoms with Crippen molar-refractivity contribution in [3.05, 3.63) is 98.9 Å². The smallest absolute Gasteiger partial charge is 0.288 e. The number of nitrogens with zero attached hydrogens (tertiary/aromatic N) is 1. The Kier molecular flexibility index (Phi) is 11.9. The van der Waals surface area contributed by atoms with Crippen molar-refractivity contribution in [2.75, 3.05) is 5.75 Å². The molecule has 3 rings (SSSR count). The molecule has 0 amide bonds. The molecule has 1 aromatic rings. The summed E-state index contributed by atoms with van der Waals surface area (Å²) >= 11 is 1.88. The van der Waals surface area contributed by atoms with Gasteiger partial charge in [-0.3, -0.25) is 4.99 Å². The summed E-state index contributed by atoms with van der Waals surface area (Å²) in [6, 6.07) is 10.6. The van der Waals surface area contributed by atoms with Gasteiger partial charge in [0.05, 0.1) is 6.04 Å². The van der Waals surface area contributed by atoms with E-state index < -0.39 is 0 Å². The standard InChI is InChI=1S/C18H22NS.C5H5.Fe/c1-18(2,3)17(14-20-16-11-7-8-12-16)19-13-15-9-5-4-6-10-15;1-2-4-5-3-1;/h4-13,17H,14H2,1-3H3;1-5H;/q;;+2/t17-;;/m1../s1. The fraction of sp³-hybridized carbons (Fsp3) is 0.261. The molecule has 2 aliphatic rings. The van der Waals surface area contributed by atoms with Gasteiger partial charge in [0, 0.05) is 17.2 Å². The van der Waals surface area contributed by atoms with Gasteiger partial charge in [-0.1, -0.05) is 51.1 Å². The van der Waals surface area contributed by atoms with Gasteiger partial charge in [0.2, 0.25) is 0 Å². The van der Waals surface area contributed by atoms with Crippen molar-refractivity contribution in [1.29, 1.82) is 0 Å².